The Hall–Kier alpha value is -1.70. The number of rotatable bonds is 5. The maximum atomic E-state index is 12.6. The fourth-order valence-corrected chi connectivity index (χ4v) is 1.71. The van der Waals surface area contributed by atoms with Crippen molar-refractivity contribution in [2.24, 2.45) is 5.16 Å². The van der Waals surface area contributed by atoms with Crippen molar-refractivity contribution < 1.29 is 18.8 Å². The number of hydrogen-bond acceptors (Lipinski definition) is 7. The summed E-state index contributed by atoms with van der Waals surface area (Å²) in [7, 11) is 0. The van der Waals surface area contributed by atoms with Crippen LogP contribution in [0.15, 0.2) is 10.5 Å². The number of carbonyl (C=O) groups excluding carboxylic acids is 1. The van der Waals surface area contributed by atoms with E-state index in [0.29, 0.717) is 11.6 Å². The first-order valence-corrected chi connectivity index (χ1v) is 6.26. The fraction of sp³-hybridized carbons (Fsp3) is 0.500. The Labute approximate surface area is 107 Å². The number of esters is 1. The van der Waals surface area contributed by atoms with E-state index in [9.17, 15) is 9.18 Å². The zero-order valence-electron chi connectivity index (χ0n) is 9.63. The van der Waals surface area contributed by atoms with Gasteiger partial charge in [0, 0.05) is 11.8 Å². The van der Waals surface area contributed by atoms with Crippen molar-refractivity contribution in [3.05, 3.63) is 11.1 Å². The number of hydrogen-bond donors (Lipinski definition) is 1. The molecule has 6 nitrogen and oxygen atoms in total. The van der Waals surface area contributed by atoms with Gasteiger partial charge in [-0.3, -0.25) is 0 Å². The average Bonchev–Trinajstić information content (AvgIpc) is 2.84. The van der Waals surface area contributed by atoms with Gasteiger partial charge in [-0.2, -0.15) is 0 Å². The van der Waals surface area contributed by atoms with Crippen LogP contribution in [0.4, 0.5) is 9.52 Å². The number of ether oxygens (including phenoxy) is 1. The minimum atomic E-state index is -1.02. The maximum Gasteiger partial charge on any atom is 0.362 e. The minimum absolute atomic E-state index is 0.0936. The molecule has 98 valence electrons. The largest absolute Gasteiger partial charge is 0.461 e. The Balaban J connectivity index is 2.14. The van der Waals surface area contributed by atoms with E-state index in [0.717, 1.165) is 0 Å². The number of nitrogens with zero attached hydrogens (tertiary/aromatic N) is 2. The second kappa shape index (κ2) is 5.30. The van der Waals surface area contributed by atoms with Crippen LogP contribution < -0.4 is 5.73 Å². The van der Waals surface area contributed by atoms with Gasteiger partial charge in [-0.1, -0.05) is 5.16 Å². The van der Waals surface area contributed by atoms with Gasteiger partial charge in [0.2, 0.25) is 5.71 Å². The Morgan fingerprint density at radius 1 is 1.78 bits per heavy atom. The van der Waals surface area contributed by atoms with E-state index >= 15 is 0 Å². The van der Waals surface area contributed by atoms with E-state index in [1.807, 2.05) is 0 Å². The van der Waals surface area contributed by atoms with Crippen LogP contribution >= 0.6 is 11.3 Å². The Morgan fingerprint density at radius 3 is 3.00 bits per heavy atom. The van der Waals surface area contributed by atoms with Crippen molar-refractivity contribution in [1.29, 1.82) is 0 Å². The van der Waals surface area contributed by atoms with Crippen LogP contribution in [0.5, 0.6) is 0 Å². The molecule has 0 saturated heterocycles. The molecule has 0 aromatic carbocycles. The lowest BCUT2D eigenvalue weighted by Gasteiger charge is -2.03. The number of thiazole rings is 1. The molecule has 18 heavy (non-hydrogen) atoms. The van der Waals surface area contributed by atoms with Crippen molar-refractivity contribution in [2.45, 2.75) is 25.6 Å². The Kier molecular flexibility index (Phi) is 3.75. The summed E-state index contributed by atoms with van der Waals surface area (Å²) in [4.78, 5) is 20.5. The van der Waals surface area contributed by atoms with Crippen LogP contribution in [0.2, 0.25) is 0 Å². The predicted octanol–water partition coefficient (Wildman–Crippen LogP) is 1.12. The minimum Gasteiger partial charge on any atom is -0.461 e. The number of oxime groups is 1. The third-order valence-corrected chi connectivity index (χ3v) is 2.84. The van der Waals surface area contributed by atoms with Gasteiger partial charge in [-0.15, -0.1) is 11.3 Å². The van der Waals surface area contributed by atoms with Gasteiger partial charge >= 0.3 is 5.97 Å². The van der Waals surface area contributed by atoms with E-state index in [-0.39, 0.29) is 18.0 Å². The molecule has 8 heteroatoms. The summed E-state index contributed by atoms with van der Waals surface area (Å²) < 4.78 is 17.5. The highest BCUT2D eigenvalue weighted by atomic mass is 32.1. The molecule has 0 spiro atoms. The number of anilines is 1. The Bertz CT molecular complexity index is 477. The van der Waals surface area contributed by atoms with Crippen molar-refractivity contribution in [3.63, 3.8) is 0 Å². The van der Waals surface area contributed by atoms with Crippen LogP contribution in [0.1, 0.15) is 19.0 Å². The van der Waals surface area contributed by atoms with Crippen molar-refractivity contribution in [1.82, 2.24) is 4.98 Å². The molecular weight excluding hydrogens is 261 g/mol. The molecule has 1 fully saturated rings. The molecule has 1 aromatic rings. The summed E-state index contributed by atoms with van der Waals surface area (Å²) >= 11 is 1.17. The maximum absolute atomic E-state index is 12.6. The quantitative estimate of drug-likeness (QED) is 0.493. The normalized spacial score (nSPS) is 22.7. The van der Waals surface area contributed by atoms with Gasteiger partial charge in [0.15, 0.2) is 11.2 Å². The lowest BCUT2D eigenvalue weighted by atomic mass is 10.3. The van der Waals surface area contributed by atoms with Gasteiger partial charge in [-0.25, -0.2) is 14.2 Å². The molecule has 0 amide bonds. The zero-order chi connectivity index (χ0) is 13.1. The third kappa shape index (κ3) is 2.95. The summed E-state index contributed by atoms with van der Waals surface area (Å²) in [5.41, 5.74) is 5.66. The molecule has 1 aliphatic rings. The summed E-state index contributed by atoms with van der Waals surface area (Å²) in [5, 5.41) is 5.50. The fourth-order valence-electron chi connectivity index (χ4n) is 1.16. The highest BCUT2D eigenvalue weighted by molar-refractivity contribution is 7.13. The number of nitrogens with two attached hydrogens (primary N) is 1. The summed E-state index contributed by atoms with van der Waals surface area (Å²) in [5.74, 6) is -0.668. The molecule has 0 radical (unpaired) electrons. The lowest BCUT2D eigenvalue weighted by Crippen LogP contribution is -2.20. The second-order valence-electron chi connectivity index (χ2n) is 3.63. The molecule has 1 aromatic heterocycles. The number of aromatic nitrogens is 1. The standard InChI is InChI=1S/C10H12FN3O3S/c1-2-16-9(15)8(6-4-18-10(12)13-6)14-17-7-3-5(7)11/h4-5,7H,2-3H2,1H3,(H2,12,13)/b14-8+. The van der Waals surface area contributed by atoms with E-state index in [2.05, 4.69) is 10.1 Å². The lowest BCUT2D eigenvalue weighted by molar-refractivity contribution is -0.135. The predicted molar refractivity (Wildman–Crippen MR) is 64.1 cm³/mol. The third-order valence-electron chi connectivity index (χ3n) is 2.17. The summed E-state index contributed by atoms with van der Waals surface area (Å²) in [6.07, 6.45) is -1.30. The van der Waals surface area contributed by atoms with Gasteiger partial charge in [0.25, 0.3) is 0 Å². The average molecular weight is 273 g/mol. The molecule has 1 aliphatic carbocycles. The highest BCUT2D eigenvalue weighted by Gasteiger charge is 2.41. The van der Waals surface area contributed by atoms with Crippen LogP contribution in [0, 0.1) is 0 Å². The smallest absolute Gasteiger partial charge is 0.362 e. The first-order valence-electron chi connectivity index (χ1n) is 5.38. The number of halogens is 1. The molecule has 1 heterocycles. The molecule has 0 aliphatic heterocycles. The topological polar surface area (TPSA) is 86.8 Å². The molecule has 2 N–H and O–H groups in total. The summed E-state index contributed by atoms with van der Waals surface area (Å²) in [6.45, 7) is 1.87. The van der Waals surface area contributed by atoms with E-state index in [1.54, 1.807) is 12.3 Å². The van der Waals surface area contributed by atoms with Gasteiger partial charge in [0.1, 0.15) is 11.9 Å². The van der Waals surface area contributed by atoms with Crippen LogP contribution in [0.25, 0.3) is 0 Å². The summed E-state index contributed by atoms with van der Waals surface area (Å²) in [6, 6.07) is 0. The molecule has 2 atom stereocenters. The number of carbonyl (C=O) groups is 1. The van der Waals surface area contributed by atoms with Crippen molar-refractivity contribution in [2.75, 3.05) is 12.3 Å². The van der Waals surface area contributed by atoms with E-state index in [4.69, 9.17) is 15.3 Å². The number of alkyl halides is 1. The number of nitrogen functional groups attached to an aromatic ring is 1. The molecule has 1 saturated carbocycles. The molecular formula is C10H12FN3O3S. The van der Waals surface area contributed by atoms with Gasteiger partial charge in [-0.05, 0) is 6.92 Å². The van der Waals surface area contributed by atoms with Crippen LogP contribution in [-0.4, -0.2) is 35.5 Å². The van der Waals surface area contributed by atoms with Crippen molar-refractivity contribution in [3.8, 4) is 0 Å². The van der Waals surface area contributed by atoms with Gasteiger partial charge < -0.3 is 15.3 Å². The van der Waals surface area contributed by atoms with E-state index in [1.165, 1.54) is 11.3 Å². The first-order chi connectivity index (χ1) is 8.61. The first kappa shape index (κ1) is 12.7. The van der Waals surface area contributed by atoms with Crippen molar-refractivity contribution >= 4 is 28.1 Å². The van der Waals surface area contributed by atoms with Crippen LogP contribution in [0.3, 0.4) is 0 Å². The van der Waals surface area contributed by atoms with Crippen LogP contribution in [-0.2, 0) is 14.4 Å². The second-order valence-corrected chi connectivity index (χ2v) is 4.52. The molecule has 2 unspecified atom stereocenters. The molecule has 0 bridgehead atoms. The van der Waals surface area contributed by atoms with E-state index < -0.39 is 18.2 Å². The zero-order valence-corrected chi connectivity index (χ0v) is 10.4. The van der Waals surface area contributed by atoms with Gasteiger partial charge in [0.05, 0.1) is 6.61 Å². The highest BCUT2D eigenvalue weighted by Crippen LogP contribution is 2.29. The Morgan fingerprint density at radius 2 is 2.50 bits per heavy atom. The monoisotopic (exact) mass is 273 g/mol. The SMILES string of the molecule is CCOC(=O)/C(=N/OC1CC1F)c1csc(N)n1. The molecule has 2 rings (SSSR count).